The van der Waals surface area contributed by atoms with Gasteiger partial charge < -0.3 is 14.2 Å². The fourth-order valence-corrected chi connectivity index (χ4v) is 4.44. The number of likely N-dealkylation sites (tertiary alicyclic amines) is 1. The van der Waals surface area contributed by atoms with Gasteiger partial charge in [-0.05, 0) is 31.6 Å². The molecular weight excluding hydrogens is 328 g/mol. The zero-order valence-corrected chi connectivity index (χ0v) is 15.8. The monoisotopic (exact) mass is 360 g/mol. The number of aromatic nitrogens is 2. The molecule has 1 amide bonds. The van der Waals surface area contributed by atoms with Crippen LogP contribution in [0.5, 0.6) is 0 Å². The molecule has 3 heterocycles. The first-order valence-electron chi connectivity index (χ1n) is 10.4. The standard InChI is InChI=1S/C20H32N4O2/c25-19(6-9-22-11-13-26-14-12-22)23-8-2-5-18(16-23)20-21-7-10-24(20)15-17-3-1-4-17/h7,10,17-18H,1-6,8-9,11-16H2/t18-/m1/s1. The molecule has 1 aromatic rings. The molecule has 4 rings (SSSR count). The van der Waals surface area contributed by atoms with Gasteiger partial charge in [-0.15, -0.1) is 0 Å². The van der Waals surface area contributed by atoms with E-state index in [1.807, 2.05) is 6.20 Å². The van der Waals surface area contributed by atoms with Gasteiger partial charge >= 0.3 is 0 Å². The minimum absolute atomic E-state index is 0.304. The van der Waals surface area contributed by atoms with Crippen LogP contribution in [0.25, 0.3) is 0 Å². The fraction of sp³-hybridized carbons (Fsp3) is 0.800. The van der Waals surface area contributed by atoms with Crippen molar-refractivity contribution in [1.82, 2.24) is 19.4 Å². The number of morpholine rings is 1. The van der Waals surface area contributed by atoms with E-state index in [9.17, 15) is 4.79 Å². The second-order valence-corrected chi connectivity index (χ2v) is 8.12. The SMILES string of the molecule is O=C(CCN1CCOCC1)N1CCC[C@@H](c2nccn2CC2CCC2)C1. The molecule has 1 atom stereocenters. The molecule has 3 aliphatic rings. The molecule has 1 saturated carbocycles. The van der Waals surface area contributed by atoms with Crippen LogP contribution in [-0.4, -0.2) is 71.2 Å². The Balaban J connectivity index is 1.30. The lowest BCUT2D eigenvalue weighted by Gasteiger charge is -2.34. The lowest BCUT2D eigenvalue weighted by atomic mass is 9.85. The summed E-state index contributed by atoms with van der Waals surface area (Å²) in [7, 11) is 0. The Morgan fingerprint density at radius 1 is 1.15 bits per heavy atom. The van der Waals surface area contributed by atoms with Gasteiger partial charge in [-0.2, -0.15) is 0 Å². The first-order chi connectivity index (χ1) is 12.8. The quantitative estimate of drug-likeness (QED) is 0.780. The summed E-state index contributed by atoms with van der Waals surface area (Å²) < 4.78 is 7.74. The van der Waals surface area contributed by atoms with Gasteiger partial charge in [0, 0.05) is 64.0 Å². The highest BCUT2D eigenvalue weighted by Crippen LogP contribution is 2.31. The third kappa shape index (κ3) is 4.29. The van der Waals surface area contributed by atoms with E-state index in [1.54, 1.807) is 0 Å². The molecule has 0 radical (unpaired) electrons. The van der Waals surface area contributed by atoms with Crippen LogP contribution in [-0.2, 0) is 16.1 Å². The maximum absolute atomic E-state index is 12.7. The molecule has 0 N–H and O–H groups in total. The Hall–Kier alpha value is -1.40. The molecule has 0 spiro atoms. The van der Waals surface area contributed by atoms with Crippen molar-refractivity contribution < 1.29 is 9.53 Å². The number of hydrogen-bond acceptors (Lipinski definition) is 4. The predicted octanol–water partition coefficient (Wildman–Crippen LogP) is 2.11. The van der Waals surface area contributed by atoms with Gasteiger partial charge in [0.15, 0.2) is 0 Å². The Bertz CT molecular complexity index is 592. The molecule has 144 valence electrons. The smallest absolute Gasteiger partial charge is 0.223 e. The molecule has 0 bridgehead atoms. The van der Waals surface area contributed by atoms with Gasteiger partial charge in [-0.1, -0.05) is 6.42 Å². The normalized spacial score (nSPS) is 25.2. The Morgan fingerprint density at radius 3 is 2.77 bits per heavy atom. The summed E-state index contributed by atoms with van der Waals surface area (Å²) in [6.45, 7) is 7.21. The van der Waals surface area contributed by atoms with E-state index in [0.717, 1.165) is 71.2 Å². The number of piperidine rings is 1. The lowest BCUT2D eigenvalue weighted by molar-refractivity contribution is -0.133. The zero-order valence-electron chi connectivity index (χ0n) is 15.8. The summed E-state index contributed by atoms with van der Waals surface area (Å²) in [4.78, 5) is 21.8. The Morgan fingerprint density at radius 2 is 2.00 bits per heavy atom. The first kappa shape index (κ1) is 18.0. The second-order valence-electron chi connectivity index (χ2n) is 8.12. The summed E-state index contributed by atoms with van der Waals surface area (Å²) in [5.74, 6) is 2.73. The number of hydrogen-bond donors (Lipinski definition) is 0. The summed E-state index contributed by atoms with van der Waals surface area (Å²) in [6, 6.07) is 0. The number of carbonyl (C=O) groups excluding carboxylic acids is 1. The molecule has 2 aliphatic heterocycles. The lowest BCUT2D eigenvalue weighted by Crippen LogP contribution is -2.43. The average Bonchev–Trinajstić information content (AvgIpc) is 3.12. The molecule has 2 saturated heterocycles. The molecule has 3 fully saturated rings. The Kier molecular flexibility index (Phi) is 5.90. The van der Waals surface area contributed by atoms with Crippen LogP contribution in [0.3, 0.4) is 0 Å². The van der Waals surface area contributed by atoms with Crippen molar-refractivity contribution in [2.75, 3.05) is 45.9 Å². The van der Waals surface area contributed by atoms with Crippen LogP contribution in [0, 0.1) is 5.92 Å². The highest BCUT2D eigenvalue weighted by atomic mass is 16.5. The van der Waals surface area contributed by atoms with Gasteiger partial charge in [0.1, 0.15) is 5.82 Å². The predicted molar refractivity (Wildman–Crippen MR) is 100.0 cm³/mol. The van der Waals surface area contributed by atoms with Gasteiger partial charge in [-0.25, -0.2) is 4.98 Å². The summed E-state index contributed by atoms with van der Waals surface area (Å²) >= 11 is 0. The molecule has 1 aliphatic carbocycles. The van der Waals surface area contributed by atoms with Crippen molar-refractivity contribution in [2.45, 2.75) is 51.0 Å². The molecule has 0 aromatic carbocycles. The highest BCUT2D eigenvalue weighted by molar-refractivity contribution is 5.76. The number of ether oxygens (including phenoxy) is 1. The van der Waals surface area contributed by atoms with Crippen LogP contribution in [0.1, 0.15) is 50.3 Å². The first-order valence-corrected chi connectivity index (χ1v) is 10.4. The zero-order chi connectivity index (χ0) is 17.8. The van der Waals surface area contributed by atoms with E-state index >= 15 is 0 Å². The van der Waals surface area contributed by atoms with Crippen molar-refractivity contribution in [3.8, 4) is 0 Å². The third-order valence-electron chi connectivity index (χ3n) is 6.31. The van der Waals surface area contributed by atoms with Crippen molar-refractivity contribution in [1.29, 1.82) is 0 Å². The molecule has 6 heteroatoms. The minimum atomic E-state index is 0.304. The van der Waals surface area contributed by atoms with Crippen LogP contribution < -0.4 is 0 Å². The van der Waals surface area contributed by atoms with Crippen molar-refractivity contribution in [2.24, 2.45) is 5.92 Å². The maximum Gasteiger partial charge on any atom is 0.223 e. The van der Waals surface area contributed by atoms with Crippen LogP contribution in [0.4, 0.5) is 0 Å². The van der Waals surface area contributed by atoms with Gasteiger partial charge in [-0.3, -0.25) is 9.69 Å². The van der Waals surface area contributed by atoms with Crippen molar-refractivity contribution >= 4 is 5.91 Å². The van der Waals surface area contributed by atoms with Crippen molar-refractivity contribution in [3.05, 3.63) is 18.2 Å². The molecule has 26 heavy (non-hydrogen) atoms. The van der Waals surface area contributed by atoms with E-state index in [0.29, 0.717) is 18.2 Å². The summed E-state index contributed by atoms with van der Waals surface area (Å²) in [5.41, 5.74) is 0. The molecule has 0 unspecified atom stereocenters. The van der Waals surface area contributed by atoms with Gasteiger partial charge in [0.2, 0.25) is 5.91 Å². The van der Waals surface area contributed by atoms with E-state index < -0.39 is 0 Å². The van der Waals surface area contributed by atoms with Crippen LogP contribution >= 0.6 is 0 Å². The number of imidazole rings is 1. The van der Waals surface area contributed by atoms with Gasteiger partial charge in [0.25, 0.3) is 0 Å². The van der Waals surface area contributed by atoms with E-state index in [2.05, 4.69) is 25.5 Å². The molecule has 6 nitrogen and oxygen atoms in total. The van der Waals surface area contributed by atoms with E-state index in [-0.39, 0.29) is 0 Å². The van der Waals surface area contributed by atoms with E-state index in [4.69, 9.17) is 4.74 Å². The number of amides is 1. The Labute approximate surface area is 156 Å². The third-order valence-corrected chi connectivity index (χ3v) is 6.31. The van der Waals surface area contributed by atoms with Crippen LogP contribution in [0.15, 0.2) is 12.4 Å². The maximum atomic E-state index is 12.7. The fourth-order valence-electron chi connectivity index (χ4n) is 4.44. The summed E-state index contributed by atoms with van der Waals surface area (Å²) in [5, 5.41) is 0. The second kappa shape index (κ2) is 8.53. The van der Waals surface area contributed by atoms with Crippen molar-refractivity contribution in [3.63, 3.8) is 0 Å². The average molecular weight is 361 g/mol. The number of nitrogens with zero attached hydrogens (tertiary/aromatic N) is 4. The number of rotatable bonds is 6. The largest absolute Gasteiger partial charge is 0.379 e. The van der Waals surface area contributed by atoms with Gasteiger partial charge in [0.05, 0.1) is 13.2 Å². The summed E-state index contributed by atoms with van der Waals surface area (Å²) in [6.07, 6.45) is 11.0. The van der Waals surface area contributed by atoms with E-state index in [1.165, 1.54) is 25.1 Å². The number of carbonyl (C=O) groups is 1. The highest BCUT2D eigenvalue weighted by Gasteiger charge is 2.28. The van der Waals surface area contributed by atoms with Crippen LogP contribution in [0.2, 0.25) is 0 Å². The molecule has 1 aromatic heterocycles. The molecular formula is C20H32N4O2. The minimum Gasteiger partial charge on any atom is -0.379 e. The topological polar surface area (TPSA) is 50.6 Å².